The molecule has 0 spiro atoms. The van der Waals surface area contributed by atoms with E-state index in [1.54, 1.807) is 24.3 Å². The van der Waals surface area contributed by atoms with Gasteiger partial charge in [-0.15, -0.1) is 0 Å². The fraction of sp³-hybridized carbons (Fsp3) is 0.300. The Kier molecular flexibility index (Phi) is 5.04. The number of alkyl halides is 3. The van der Waals surface area contributed by atoms with Gasteiger partial charge in [-0.1, -0.05) is 35.5 Å². The summed E-state index contributed by atoms with van der Waals surface area (Å²) in [6.07, 6.45) is -3.65. The van der Waals surface area contributed by atoms with Crippen LogP contribution in [0.1, 0.15) is 17.9 Å². The molecule has 8 heteroatoms. The third kappa shape index (κ3) is 4.33. The highest BCUT2D eigenvalue weighted by molar-refractivity contribution is 5.55. The monoisotopic (exact) mass is 389 g/mol. The van der Waals surface area contributed by atoms with E-state index < -0.39 is 12.1 Å². The Bertz CT molecular complexity index is 910. The molecule has 0 radical (unpaired) electrons. The number of ether oxygens (including phenoxy) is 1. The van der Waals surface area contributed by atoms with Gasteiger partial charge in [-0.2, -0.15) is 18.2 Å². The van der Waals surface area contributed by atoms with E-state index in [2.05, 4.69) is 31.7 Å². The van der Waals surface area contributed by atoms with Gasteiger partial charge in [-0.3, -0.25) is 4.90 Å². The van der Waals surface area contributed by atoms with Crippen molar-refractivity contribution in [3.8, 4) is 17.1 Å². The van der Waals surface area contributed by atoms with Crippen LogP contribution in [0.3, 0.4) is 0 Å². The Morgan fingerprint density at radius 2 is 1.82 bits per heavy atom. The summed E-state index contributed by atoms with van der Waals surface area (Å²) in [4.78, 5) is 5.72. The molecule has 0 unspecified atom stereocenters. The topological polar surface area (TPSA) is 51.4 Å². The summed E-state index contributed by atoms with van der Waals surface area (Å²) >= 11 is 0. The predicted molar refractivity (Wildman–Crippen MR) is 95.5 cm³/mol. The highest BCUT2D eigenvalue weighted by Gasteiger charge is 2.38. The summed E-state index contributed by atoms with van der Waals surface area (Å²) in [6.45, 7) is 2.68. The standard InChI is InChI=1S/C20H18F3N3O2/c21-20(22,23)19-24-18(25-28-19)15-6-8-16(9-7-15)27-17-10-11-26(13-17)12-14-4-2-1-3-5-14/h1-9,17H,10-13H2/t17-/m1/s1. The van der Waals surface area contributed by atoms with Crippen molar-refractivity contribution >= 4 is 0 Å². The van der Waals surface area contributed by atoms with Crippen LogP contribution in [0.25, 0.3) is 11.4 Å². The largest absolute Gasteiger partial charge is 0.489 e. The third-order valence-corrected chi connectivity index (χ3v) is 4.56. The van der Waals surface area contributed by atoms with Gasteiger partial charge < -0.3 is 9.26 Å². The lowest BCUT2D eigenvalue weighted by molar-refractivity contribution is -0.159. The van der Waals surface area contributed by atoms with Crippen LogP contribution >= 0.6 is 0 Å². The molecule has 0 aliphatic carbocycles. The second-order valence-corrected chi connectivity index (χ2v) is 6.69. The second kappa shape index (κ2) is 7.63. The van der Waals surface area contributed by atoms with E-state index in [-0.39, 0.29) is 11.9 Å². The van der Waals surface area contributed by atoms with Gasteiger partial charge in [0.25, 0.3) is 0 Å². The molecular weight excluding hydrogens is 371 g/mol. The molecule has 146 valence electrons. The van der Waals surface area contributed by atoms with Gasteiger partial charge in [0.2, 0.25) is 5.82 Å². The summed E-state index contributed by atoms with van der Waals surface area (Å²) in [5.74, 6) is -0.795. The maximum atomic E-state index is 12.6. The SMILES string of the molecule is FC(F)(F)c1nc(-c2ccc(O[C@@H]3CCN(Cc4ccccc4)C3)cc2)no1. The molecule has 1 atom stereocenters. The highest BCUT2D eigenvalue weighted by atomic mass is 19.4. The summed E-state index contributed by atoms with van der Waals surface area (Å²) in [7, 11) is 0. The zero-order chi connectivity index (χ0) is 19.6. The van der Waals surface area contributed by atoms with E-state index in [0.717, 1.165) is 26.1 Å². The molecule has 1 aliphatic rings. The van der Waals surface area contributed by atoms with E-state index >= 15 is 0 Å². The summed E-state index contributed by atoms with van der Waals surface area (Å²) < 4.78 is 47.9. The van der Waals surface area contributed by atoms with Crippen molar-refractivity contribution in [3.63, 3.8) is 0 Å². The average Bonchev–Trinajstić information content (AvgIpc) is 3.33. The molecule has 0 saturated carbocycles. The number of hydrogen-bond acceptors (Lipinski definition) is 5. The van der Waals surface area contributed by atoms with Crippen LogP contribution in [-0.2, 0) is 12.7 Å². The molecule has 1 aliphatic heterocycles. The Morgan fingerprint density at radius 1 is 1.07 bits per heavy atom. The fourth-order valence-electron chi connectivity index (χ4n) is 3.21. The lowest BCUT2D eigenvalue weighted by atomic mass is 10.2. The lowest BCUT2D eigenvalue weighted by Gasteiger charge is -2.17. The van der Waals surface area contributed by atoms with Gasteiger partial charge in [-0.25, -0.2) is 0 Å². The minimum Gasteiger partial charge on any atom is -0.489 e. The Labute approximate surface area is 159 Å². The first kappa shape index (κ1) is 18.5. The van der Waals surface area contributed by atoms with Crippen LogP contribution in [0.15, 0.2) is 59.1 Å². The van der Waals surface area contributed by atoms with Gasteiger partial charge >= 0.3 is 12.1 Å². The van der Waals surface area contributed by atoms with E-state index in [4.69, 9.17) is 4.74 Å². The highest BCUT2D eigenvalue weighted by Crippen LogP contribution is 2.30. The summed E-state index contributed by atoms with van der Waals surface area (Å²) in [5, 5.41) is 3.38. The molecular formula is C20H18F3N3O2. The Morgan fingerprint density at radius 3 is 2.50 bits per heavy atom. The molecule has 0 N–H and O–H groups in total. The van der Waals surface area contributed by atoms with Gasteiger partial charge in [-0.05, 0) is 36.2 Å². The Hall–Kier alpha value is -2.87. The van der Waals surface area contributed by atoms with Crippen molar-refractivity contribution in [2.75, 3.05) is 13.1 Å². The van der Waals surface area contributed by atoms with Crippen LogP contribution < -0.4 is 4.74 Å². The van der Waals surface area contributed by atoms with Crippen LogP contribution in [0.2, 0.25) is 0 Å². The summed E-state index contributed by atoms with van der Waals surface area (Å²) in [5.41, 5.74) is 1.70. The van der Waals surface area contributed by atoms with Crippen LogP contribution in [0.4, 0.5) is 13.2 Å². The van der Waals surface area contributed by atoms with Gasteiger partial charge in [0, 0.05) is 25.2 Å². The number of aromatic nitrogens is 2. The number of halogens is 3. The number of likely N-dealkylation sites (tertiary alicyclic amines) is 1. The molecule has 2 aromatic carbocycles. The van der Waals surface area contributed by atoms with Crippen LogP contribution in [-0.4, -0.2) is 34.2 Å². The average molecular weight is 389 g/mol. The molecule has 0 bridgehead atoms. The molecule has 5 nitrogen and oxygen atoms in total. The van der Waals surface area contributed by atoms with E-state index in [9.17, 15) is 13.2 Å². The predicted octanol–water partition coefficient (Wildman–Crippen LogP) is 4.41. The van der Waals surface area contributed by atoms with Crippen molar-refractivity contribution in [1.29, 1.82) is 0 Å². The molecule has 2 heterocycles. The zero-order valence-corrected chi connectivity index (χ0v) is 14.9. The fourth-order valence-corrected chi connectivity index (χ4v) is 3.21. The van der Waals surface area contributed by atoms with Crippen molar-refractivity contribution in [3.05, 3.63) is 66.1 Å². The molecule has 1 aromatic heterocycles. The summed E-state index contributed by atoms with van der Waals surface area (Å²) in [6, 6.07) is 16.9. The smallest absolute Gasteiger partial charge is 0.471 e. The minimum absolute atomic E-state index is 0.0802. The molecule has 28 heavy (non-hydrogen) atoms. The first-order valence-electron chi connectivity index (χ1n) is 8.92. The molecule has 1 saturated heterocycles. The van der Waals surface area contributed by atoms with Crippen molar-refractivity contribution in [1.82, 2.24) is 15.0 Å². The third-order valence-electron chi connectivity index (χ3n) is 4.56. The first-order valence-corrected chi connectivity index (χ1v) is 8.92. The zero-order valence-electron chi connectivity index (χ0n) is 14.9. The van der Waals surface area contributed by atoms with Gasteiger partial charge in [0.05, 0.1) is 0 Å². The van der Waals surface area contributed by atoms with Crippen LogP contribution in [0.5, 0.6) is 5.75 Å². The maximum Gasteiger partial charge on any atom is 0.471 e. The molecule has 0 amide bonds. The molecule has 1 fully saturated rings. The normalized spacial score (nSPS) is 17.8. The number of hydrogen-bond donors (Lipinski definition) is 0. The Balaban J connectivity index is 1.34. The van der Waals surface area contributed by atoms with Crippen molar-refractivity contribution in [2.45, 2.75) is 25.2 Å². The minimum atomic E-state index is -4.65. The molecule has 3 aromatic rings. The van der Waals surface area contributed by atoms with Crippen molar-refractivity contribution < 1.29 is 22.4 Å². The van der Waals surface area contributed by atoms with Crippen LogP contribution in [0, 0.1) is 0 Å². The molecule has 4 rings (SSSR count). The first-order chi connectivity index (χ1) is 13.5. The van der Waals surface area contributed by atoms with Gasteiger partial charge in [0.15, 0.2) is 0 Å². The van der Waals surface area contributed by atoms with E-state index in [1.165, 1.54) is 5.56 Å². The van der Waals surface area contributed by atoms with E-state index in [0.29, 0.717) is 11.3 Å². The number of benzene rings is 2. The quantitative estimate of drug-likeness (QED) is 0.647. The lowest BCUT2D eigenvalue weighted by Crippen LogP contribution is -2.24. The maximum absolute atomic E-state index is 12.6. The van der Waals surface area contributed by atoms with Crippen molar-refractivity contribution in [2.24, 2.45) is 0 Å². The number of nitrogens with zero attached hydrogens (tertiary/aromatic N) is 3. The van der Waals surface area contributed by atoms with Gasteiger partial charge in [0.1, 0.15) is 11.9 Å². The number of rotatable bonds is 5. The van der Waals surface area contributed by atoms with E-state index in [1.807, 2.05) is 18.2 Å². The second-order valence-electron chi connectivity index (χ2n) is 6.69.